The topological polar surface area (TPSA) is 72.6 Å². The summed E-state index contributed by atoms with van der Waals surface area (Å²) in [5, 5.41) is 19.9. The summed E-state index contributed by atoms with van der Waals surface area (Å²) < 4.78 is 18.7. The second kappa shape index (κ2) is 4.67. The van der Waals surface area contributed by atoms with Crippen LogP contribution in [0.15, 0.2) is 18.2 Å². The van der Waals surface area contributed by atoms with Crippen LogP contribution < -0.4 is 4.74 Å². The van der Waals surface area contributed by atoms with Crippen molar-refractivity contribution in [3.8, 4) is 5.75 Å². The lowest BCUT2D eigenvalue weighted by molar-refractivity contribution is -0.387. The van der Waals surface area contributed by atoms with E-state index in [1.54, 1.807) is 0 Å². The van der Waals surface area contributed by atoms with Gasteiger partial charge in [0.1, 0.15) is 11.9 Å². The zero-order valence-electron chi connectivity index (χ0n) is 9.01. The Hall–Kier alpha value is -1.69. The molecule has 1 aromatic carbocycles. The van der Waals surface area contributed by atoms with Crippen molar-refractivity contribution < 1.29 is 19.2 Å². The molecule has 1 aromatic rings. The van der Waals surface area contributed by atoms with Crippen molar-refractivity contribution in [1.82, 2.24) is 0 Å². The molecule has 5 nitrogen and oxygen atoms in total. The van der Waals surface area contributed by atoms with Gasteiger partial charge in [-0.25, -0.2) is 0 Å². The Morgan fingerprint density at radius 1 is 1.47 bits per heavy atom. The van der Waals surface area contributed by atoms with Crippen molar-refractivity contribution >= 4 is 5.69 Å². The first kappa shape index (κ1) is 11.8. The molecule has 1 N–H and O–H groups in total. The molecule has 0 heterocycles. The number of benzene rings is 1. The SMILES string of the molecule is O=[N+]([O-])c1ccc(O[C@H]2CCC[C@@H]2O)cc1F. The first-order valence-corrected chi connectivity index (χ1v) is 5.36. The second-order valence-electron chi connectivity index (χ2n) is 4.02. The van der Waals surface area contributed by atoms with Gasteiger partial charge in [0.05, 0.1) is 11.0 Å². The summed E-state index contributed by atoms with van der Waals surface area (Å²) in [6.45, 7) is 0. The number of aliphatic hydroxyl groups excluding tert-OH is 1. The molecule has 0 bridgehead atoms. The molecule has 0 aromatic heterocycles. The van der Waals surface area contributed by atoms with Crippen molar-refractivity contribution in [2.24, 2.45) is 0 Å². The van der Waals surface area contributed by atoms with Crippen LogP contribution in [0.3, 0.4) is 0 Å². The van der Waals surface area contributed by atoms with E-state index in [9.17, 15) is 19.6 Å². The molecule has 1 aliphatic rings. The average molecular weight is 241 g/mol. The van der Waals surface area contributed by atoms with Crippen LogP contribution >= 0.6 is 0 Å². The van der Waals surface area contributed by atoms with E-state index >= 15 is 0 Å². The van der Waals surface area contributed by atoms with Gasteiger partial charge in [0, 0.05) is 12.1 Å². The molecule has 1 aliphatic carbocycles. The van der Waals surface area contributed by atoms with E-state index in [4.69, 9.17) is 4.74 Å². The smallest absolute Gasteiger partial charge is 0.305 e. The third-order valence-corrected chi connectivity index (χ3v) is 2.82. The standard InChI is InChI=1S/C11H12FNO4/c12-8-6-7(4-5-9(8)13(15)16)17-11-3-1-2-10(11)14/h4-6,10-11,14H,1-3H2/t10-,11-/m0/s1. The number of hydrogen-bond acceptors (Lipinski definition) is 4. The van der Waals surface area contributed by atoms with Gasteiger partial charge in [0.25, 0.3) is 0 Å². The maximum Gasteiger partial charge on any atom is 0.305 e. The molecule has 1 saturated carbocycles. The van der Waals surface area contributed by atoms with Gasteiger partial charge in [-0.2, -0.15) is 4.39 Å². The van der Waals surface area contributed by atoms with E-state index in [1.165, 1.54) is 6.07 Å². The van der Waals surface area contributed by atoms with Gasteiger partial charge in [-0.1, -0.05) is 0 Å². The third kappa shape index (κ3) is 2.52. The number of halogens is 1. The molecule has 17 heavy (non-hydrogen) atoms. The van der Waals surface area contributed by atoms with Gasteiger partial charge in [0.15, 0.2) is 0 Å². The molecule has 0 amide bonds. The number of nitrogens with zero attached hydrogens (tertiary/aromatic N) is 1. The Kier molecular flexibility index (Phi) is 3.23. The van der Waals surface area contributed by atoms with Crippen LogP contribution in [0, 0.1) is 15.9 Å². The predicted molar refractivity (Wildman–Crippen MR) is 57.3 cm³/mol. The highest BCUT2D eigenvalue weighted by molar-refractivity contribution is 5.38. The van der Waals surface area contributed by atoms with Gasteiger partial charge in [-0.05, 0) is 25.3 Å². The Bertz CT molecular complexity index is 437. The Morgan fingerprint density at radius 3 is 2.76 bits per heavy atom. The van der Waals surface area contributed by atoms with E-state index in [1.807, 2.05) is 0 Å². The van der Waals surface area contributed by atoms with Gasteiger partial charge in [0.2, 0.25) is 5.82 Å². The van der Waals surface area contributed by atoms with Crippen LogP contribution in [0.5, 0.6) is 5.75 Å². The predicted octanol–water partition coefficient (Wildman–Crippen LogP) is 2.03. The number of rotatable bonds is 3. The quantitative estimate of drug-likeness (QED) is 0.649. The van der Waals surface area contributed by atoms with E-state index in [0.29, 0.717) is 12.8 Å². The fourth-order valence-corrected chi connectivity index (χ4v) is 1.93. The summed E-state index contributed by atoms with van der Waals surface area (Å²) in [4.78, 5) is 9.63. The van der Waals surface area contributed by atoms with Crippen molar-refractivity contribution in [3.05, 3.63) is 34.1 Å². The van der Waals surface area contributed by atoms with E-state index in [-0.39, 0.29) is 11.9 Å². The number of ether oxygens (including phenoxy) is 1. The van der Waals surface area contributed by atoms with Crippen molar-refractivity contribution in [2.45, 2.75) is 31.5 Å². The molecule has 1 fully saturated rings. The highest BCUT2D eigenvalue weighted by atomic mass is 19.1. The average Bonchev–Trinajstić information content (AvgIpc) is 2.64. The number of aliphatic hydroxyl groups is 1. The molecule has 2 atom stereocenters. The summed E-state index contributed by atoms with van der Waals surface area (Å²) in [5.41, 5.74) is -0.579. The minimum Gasteiger partial charge on any atom is -0.488 e. The molecule has 0 spiro atoms. The van der Waals surface area contributed by atoms with Gasteiger partial charge < -0.3 is 9.84 Å². The lowest BCUT2D eigenvalue weighted by Gasteiger charge is -2.16. The number of nitro benzene ring substituents is 1. The fraction of sp³-hybridized carbons (Fsp3) is 0.455. The number of hydrogen-bond donors (Lipinski definition) is 1. The molecule has 0 unspecified atom stereocenters. The summed E-state index contributed by atoms with van der Waals surface area (Å²) >= 11 is 0. The van der Waals surface area contributed by atoms with Gasteiger partial charge >= 0.3 is 5.69 Å². The summed E-state index contributed by atoms with van der Waals surface area (Å²) in [6.07, 6.45) is 1.34. The molecule has 0 aliphatic heterocycles. The maximum atomic E-state index is 13.3. The normalized spacial score (nSPS) is 23.6. The zero-order chi connectivity index (χ0) is 12.4. The van der Waals surface area contributed by atoms with E-state index < -0.39 is 22.5 Å². The molecule has 0 saturated heterocycles. The lowest BCUT2D eigenvalue weighted by Crippen LogP contribution is -2.25. The molecular formula is C11H12FNO4. The van der Waals surface area contributed by atoms with Crippen LogP contribution in [-0.2, 0) is 0 Å². The Labute approximate surface area is 97.0 Å². The zero-order valence-corrected chi connectivity index (χ0v) is 9.01. The molecule has 0 radical (unpaired) electrons. The maximum absolute atomic E-state index is 13.3. The number of nitro groups is 1. The molecule has 2 rings (SSSR count). The Morgan fingerprint density at radius 2 is 2.24 bits per heavy atom. The molecule has 6 heteroatoms. The fourth-order valence-electron chi connectivity index (χ4n) is 1.93. The third-order valence-electron chi connectivity index (χ3n) is 2.82. The summed E-state index contributed by atoms with van der Waals surface area (Å²) in [5.74, 6) is -0.723. The first-order valence-electron chi connectivity index (χ1n) is 5.36. The lowest BCUT2D eigenvalue weighted by atomic mass is 10.2. The van der Waals surface area contributed by atoms with E-state index in [0.717, 1.165) is 18.6 Å². The van der Waals surface area contributed by atoms with Gasteiger partial charge in [-0.3, -0.25) is 10.1 Å². The van der Waals surface area contributed by atoms with Crippen LogP contribution in [0.4, 0.5) is 10.1 Å². The minimum atomic E-state index is -0.931. The van der Waals surface area contributed by atoms with Gasteiger partial charge in [-0.15, -0.1) is 0 Å². The van der Waals surface area contributed by atoms with Crippen LogP contribution in [0.25, 0.3) is 0 Å². The largest absolute Gasteiger partial charge is 0.488 e. The molecular weight excluding hydrogens is 229 g/mol. The van der Waals surface area contributed by atoms with E-state index in [2.05, 4.69) is 0 Å². The first-order chi connectivity index (χ1) is 8.08. The van der Waals surface area contributed by atoms with Crippen molar-refractivity contribution in [3.63, 3.8) is 0 Å². The molecule has 92 valence electrons. The van der Waals surface area contributed by atoms with Crippen LogP contribution in [0.2, 0.25) is 0 Å². The summed E-state index contributed by atoms with van der Waals surface area (Å²) in [6, 6.07) is 3.38. The Balaban J connectivity index is 2.12. The van der Waals surface area contributed by atoms with Crippen LogP contribution in [-0.4, -0.2) is 22.2 Å². The minimum absolute atomic E-state index is 0.207. The highest BCUT2D eigenvalue weighted by Gasteiger charge is 2.27. The van der Waals surface area contributed by atoms with Crippen molar-refractivity contribution in [1.29, 1.82) is 0 Å². The highest BCUT2D eigenvalue weighted by Crippen LogP contribution is 2.27. The monoisotopic (exact) mass is 241 g/mol. The van der Waals surface area contributed by atoms with Crippen LogP contribution in [0.1, 0.15) is 19.3 Å². The second-order valence-corrected chi connectivity index (χ2v) is 4.02. The summed E-state index contributed by atoms with van der Waals surface area (Å²) in [7, 11) is 0. The van der Waals surface area contributed by atoms with Crippen molar-refractivity contribution in [2.75, 3.05) is 0 Å².